The lowest BCUT2D eigenvalue weighted by molar-refractivity contribution is -0.384. The summed E-state index contributed by atoms with van der Waals surface area (Å²) in [7, 11) is -4.09. The van der Waals surface area contributed by atoms with Gasteiger partial charge in [-0.3, -0.25) is 14.9 Å². The Morgan fingerprint density at radius 3 is 2.41 bits per heavy atom. The Hall–Kier alpha value is -2.21. The molecule has 1 N–H and O–H groups in total. The molecule has 0 amide bonds. The number of thiophene rings is 1. The van der Waals surface area contributed by atoms with Crippen LogP contribution in [0.25, 0.3) is 0 Å². The average Bonchev–Trinajstić information content (AvgIpc) is 3.06. The minimum Gasteiger partial charge on any atom is -0.349 e. The standard InChI is InChI=1S/C18H13BrN2O5S3/c1-10-16(9-15(28-10)18(22)27)29(25,26)12-7-13(19)17(14(8-12)21(23)24)20-11-5-3-2-4-6-11/h2-9,20H,1H3,(H,22,27). The number of sulfone groups is 1. The van der Waals surface area contributed by atoms with Gasteiger partial charge in [0.1, 0.15) is 5.69 Å². The van der Waals surface area contributed by atoms with Gasteiger partial charge in [0.25, 0.3) is 5.69 Å². The van der Waals surface area contributed by atoms with Gasteiger partial charge in [0, 0.05) is 21.1 Å². The number of nitro benzene ring substituents is 1. The first-order valence-corrected chi connectivity index (χ1v) is 11.5. The summed E-state index contributed by atoms with van der Waals surface area (Å²) in [4.78, 5) is 22.7. The molecule has 150 valence electrons. The van der Waals surface area contributed by atoms with Gasteiger partial charge < -0.3 is 5.32 Å². The minimum absolute atomic E-state index is 0.0788. The van der Waals surface area contributed by atoms with Crippen molar-refractivity contribution in [2.75, 3.05) is 5.32 Å². The molecule has 3 rings (SSSR count). The molecule has 3 aromatic rings. The maximum absolute atomic E-state index is 13.1. The molecular weight excluding hydrogens is 500 g/mol. The van der Waals surface area contributed by atoms with Gasteiger partial charge in [-0.25, -0.2) is 8.42 Å². The van der Waals surface area contributed by atoms with E-state index in [0.717, 1.165) is 17.4 Å². The number of para-hydroxylation sites is 1. The predicted molar refractivity (Wildman–Crippen MR) is 118 cm³/mol. The average molecular weight is 513 g/mol. The van der Waals surface area contributed by atoms with E-state index in [4.69, 9.17) is 0 Å². The number of nitro groups is 1. The summed E-state index contributed by atoms with van der Waals surface area (Å²) in [6.07, 6.45) is 0. The molecule has 7 nitrogen and oxygen atoms in total. The molecule has 0 aliphatic carbocycles. The van der Waals surface area contributed by atoms with Crippen LogP contribution in [-0.4, -0.2) is 18.5 Å². The van der Waals surface area contributed by atoms with Crippen LogP contribution in [0.15, 0.2) is 62.8 Å². The van der Waals surface area contributed by atoms with Gasteiger partial charge in [-0.1, -0.05) is 30.8 Å². The van der Waals surface area contributed by atoms with Gasteiger partial charge in [0.2, 0.25) is 15.0 Å². The molecule has 11 heteroatoms. The second-order valence-corrected chi connectivity index (χ2v) is 10.3. The van der Waals surface area contributed by atoms with Crippen LogP contribution in [0.4, 0.5) is 17.1 Å². The number of nitrogens with one attached hydrogen (secondary N) is 1. The molecular formula is C18H13BrN2O5S3. The first kappa shape index (κ1) is 21.5. The zero-order valence-electron chi connectivity index (χ0n) is 14.7. The zero-order chi connectivity index (χ0) is 21.3. The summed E-state index contributed by atoms with van der Waals surface area (Å²) in [6.45, 7) is 1.56. The van der Waals surface area contributed by atoms with Crippen LogP contribution in [0.5, 0.6) is 0 Å². The second kappa shape index (κ2) is 8.27. The van der Waals surface area contributed by atoms with E-state index < -0.39 is 25.6 Å². The first-order chi connectivity index (χ1) is 13.6. The van der Waals surface area contributed by atoms with Crippen LogP contribution in [0.3, 0.4) is 0 Å². The molecule has 0 aliphatic heterocycles. The summed E-state index contributed by atoms with van der Waals surface area (Å²) in [5, 5.41) is 14.0. The quantitative estimate of drug-likeness (QED) is 0.261. The minimum atomic E-state index is -4.09. The third kappa shape index (κ3) is 4.37. The first-order valence-electron chi connectivity index (χ1n) is 8.00. The molecule has 0 unspecified atom stereocenters. The van der Waals surface area contributed by atoms with E-state index in [2.05, 4.69) is 33.9 Å². The zero-order valence-corrected chi connectivity index (χ0v) is 18.9. The van der Waals surface area contributed by atoms with Crippen molar-refractivity contribution >= 4 is 71.9 Å². The SMILES string of the molecule is Cc1sc(C(=O)S)cc1S(=O)(=O)c1cc(Br)c(Nc2ccccc2)c([N+](=O)[O-])c1. The normalized spacial score (nSPS) is 11.3. The van der Waals surface area contributed by atoms with E-state index in [-0.39, 0.29) is 24.8 Å². The fraction of sp³-hybridized carbons (Fsp3) is 0.0556. The highest BCUT2D eigenvalue weighted by Gasteiger charge is 2.28. The van der Waals surface area contributed by atoms with Gasteiger partial charge in [-0.05, 0) is 47.1 Å². The Morgan fingerprint density at radius 2 is 1.86 bits per heavy atom. The van der Waals surface area contributed by atoms with Crippen LogP contribution in [0.1, 0.15) is 14.5 Å². The number of benzene rings is 2. The van der Waals surface area contributed by atoms with E-state index in [1.54, 1.807) is 37.3 Å². The number of rotatable bonds is 6. The van der Waals surface area contributed by atoms with Gasteiger partial charge >= 0.3 is 0 Å². The molecule has 1 aromatic heterocycles. The Kier molecular flexibility index (Phi) is 6.13. The summed E-state index contributed by atoms with van der Waals surface area (Å²) in [6, 6.07) is 12.3. The van der Waals surface area contributed by atoms with E-state index in [0.29, 0.717) is 10.6 Å². The highest BCUT2D eigenvalue weighted by molar-refractivity contribution is 9.10. The summed E-state index contributed by atoms with van der Waals surface area (Å²) in [5.41, 5.74) is 0.339. The molecule has 0 saturated carbocycles. The highest BCUT2D eigenvalue weighted by Crippen LogP contribution is 2.40. The van der Waals surface area contributed by atoms with Crippen molar-refractivity contribution in [3.05, 3.63) is 72.9 Å². The molecule has 2 aromatic carbocycles. The number of nitrogens with zero attached hydrogens (tertiary/aromatic N) is 1. The number of anilines is 2. The molecule has 29 heavy (non-hydrogen) atoms. The van der Waals surface area contributed by atoms with Gasteiger partial charge in [-0.2, -0.15) is 0 Å². The maximum Gasteiger partial charge on any atom is 0.295 e. The Balaban J connectivity index is 2.14. The number of hydrogen-bond acceptors (Lipinski definition) is 7. The van der Waals surface area contributed by atoms with Crippen molar-refractivity contribution in [3.8, 4) is 0 Å². The molecule has 0 fully saturated rings. The number of carbonyl (C=O) groups excluding carboxylic acids is 1. The number of thiol groups is 1. The van der Waals surface area contributed by atoms with Crippen molar-refractivity contribution in [1.29, 1.82) is 0 Å². The molecule has 0 spiro atoms. The van der Waals surface area contributed by atoms with Crippen LogP contribution in [-0.2, 0) is 9.84 Å². The monoisotopic (exact) mass is 512 g/mol. The van der Waals surface area contributed by atoms with Crippen LogP contribution in [0, 0.1) is 17.0 Å². The molecule has 1 heterocycles. The summed E-state index contributed by atoms with van der Waals surface area (Å²) < 4.78 is 26.4. The fourth-order valence-electron chi connectivity index (χ4n) is 2.62. The lowest BCUT2D eigenvalue weighted by Gasteiger charge is -2.12. The number of hydrogen-bond donors (Lipinski definition) is 2. The molecule has 0 aliphatic rings. The van der Waals surface area contributed by atoms with Gasteiger partial charge in [0.05, 0.1) is 19.6 Å². The number of aryl methyl sites for hydroxylation is 1. The highest BCUT2D eigenvalue weighted by atomic mass is 79.9. The predicted octanol–water partition coefficient (Wildman–Crippen LogP) is 5.37. The third-order valence-corrected chi connectivity index (χ3v) is 8.02. The van der Waals surface area contributed by atoms with E-state index >= 15 is 0 Å². The lowest BCUT2D eigenvalue weighted by Crippen LogP contribution is -2.05. The number of carbonyl (C=O) groups is 1. The lowest BCUT2D eigenvalue weighted by atomic mass is 10.2. The topological polar surface area (TPSA) is 106 Å². The van der Waals surface area contributed by atoms with E-state index in [1.165, 1.54) is 12.1 Å². The van der Waals surface area contributed by atoms with Crippen molar-refractivity contribution in [2.45, 2.75) is 16.7 Å². The van der Waals surface area contributed by atoms with Crippen molar-refractivity contribution in [1.82, 2.24) is 0 Å². The van der Waals surface area contributed by atoms with Crippen LogP contribution < -0.4 is 5.32 Å². The second-order valence-electron chi connectivity index (χ2n) is 5.89. The van der Waals surface area contributed by atoms with Gasteiger partial charge in [0.15, 0.2) is 0 Å². The van der Waals surface area contributed by atoms with Crippen molar-refractivity contribution in [2.24, 2.45) is 0 Å². The van der Waals surface area contributed by atoms with E-state index in [9.17, 15) is 23.3 Å². The number of halogens is 1. The summed E-state index contributed by atoms with van der Waals surface area (Å²) >= 11 is 7.96. The smallest absolute Gasteiger partial charge is 0.295 e. The van der Waals surface area contributed by atoms with E-state index in [1.807, 2.05) is 0 Å². The maximum atomic E-state index is 13.1. The van der Waals surface area contributed by atoms with Crippen LogP contribution >= 0.6 is 39.9 Å². The molecule has 0 atom stereocenters. The molecule has 0 radical (unpaired) electrons. The third-order valence-electron chi connectivity index (χ3n) is 3.97. The van der Waals surface area contributed by atoms with Crippen molar-refractivity contribution < 1.29 is 18.1 Å². The molecule has 0 bridgehead atoms. The largest absolute Gasteiger partial charge is 0.349 e. The Morgan fingerprint density at radius 1 is 1.21 bits per heavy atom. The summed E-state index contributed by atoms with van der Waals surface area (Å²) in [5.74, 6) is 0. The fourth-order valence-corrected chi connectivity index (χ4v) is 6.25. The Bertz CT molecular complexity index is 1220. The van der Waals surface area contributed by atoms with Gasteiger partial charge in [-0.15, -0.1) is 11.3 Å². The van der Waals surface area contributed by atoms with Crippen LogP contribution in [0.2, 0.25) is 0 Å². The molecule has 0 saturated heterocycles. The Labute approximate surface area is 184 Å². The van der Waals surface area contributed by atoms with Crippen molar-refractivity contribution in [3.63, 3.8) is 0 Å².